The number of fused-ring (bicyclic) bond motifs is 6. The van der Waals surface area contributed by atoms with Crippen LogP contribution in [0.2, 0.25) is 0 Å². The Morgan fingerprint density at radius 2 is 1.04 bits per heavy atom. The molecule has 0 aliphatic heterocycles. The lowest BCUT2D eigenvalue weighted by Gasteiger charge is -2.26. The number of benzene rings is 8. The molecule has 0 radical (unpaired) electrons. The van der Waals surface area contributed by atoms with Crippen LogP contribution in [-0.2, 0) is 10.8 Å². The van der Waals surface area contributed by atoms with E-state index in [0.29, 0.717) is 0 Å². The molecule has 0 N–H and O–H groups in total. The van der Waals surface area contributed by atoms with Crippen LogP contribution in [0.5, 0.6) is 0 Å². The van der Waals surface area contributed by atoms with Crippen LogP contribution in [-0.4, -0.2) is 0 Å². The monoisotopic (exact) mass is 735 g/mol. The molecular weight excluding hydrogens is 691 g/mol. The standard InChI is InChI=1S/C55H45NO/c1-54(2,3)41-26-31-46-49-34-39(25-32-50(49)55(4,5)51(46)35-41)38-23-29-43(30-24-38)56(42-27-21-37(22-28-42)36-13-7-6-8-14-36)44-16-11-15-40(33-44)45-18-12-19-48-47-17-9-10-20-52(47)57-53(45)48/h6-35H,1-5H3. The maximum atomic E-state index is 6.48. The molecule has 57 heavy (non-hydrogen) atoms. The Hall–Kier alpha value is -6.64. The number of rotatable bonds is 6. The Kier molecular flexibility index (Phi) is 8.09. The molecule has 0 saturated carbocycles. The van der Waals surface area contributed by atoms with Gasteiger partial charge in [-0.3, -0.25) is 0 Å². The quantitative estimate of drug-likeness (QED) is 0.169. The van der Waals surface area contributed by atoms with Gasteiger partial charge in [-0.05, 0) is 110 Å². The molecule has 1 aliphatic carbocycles. The summed E-state index contributed by atoms with van der Waals surface area (Å²) in [7, 11) is 0. The first kappa shape index (κ1) is 34.8. The van der Waals surface area contributed by atoms with Crippen LogP contribution in [0, 0.1) is 0 Å². The van der Waals surface area contributed by atoms with Gasteiger partial charge in [0.1, 0.15) is 11.2 Å². The highest BCUT2D eigenvalue weighted by molar-refractivity contribution is 6.09. The van der Waals surface area contributed by atoms with Crippen LogP contribution in [0.1, 0.15) is 51.3 Å². The van der Waals surface area contributed by atoms with Crippen molar-refractivity contribution in [3.63, 3.8) is 0 Å². The van der Waals surface area contributed by atoms with Crippen LogP contribution in [0.4, 0.5) is 17.1 Å². The third kappa shape index (κ3) is 5.95. The highest BCUT2D eigenvalue weighted by Gasteiger charge is 2.36. The molecule has 1 heterocycles. The molecule has 0 fully saturated rings. The fourth-order valence-electron chi connectivity index (χ4n) is 8.87. The third-order valence-corrected chi connectivity index (χ3v) is 12.1. The van der Waals surface area contributed by atoms with Crippen LogP contribution < -0.4 is 4.90 Å². The molecule has 0 amide bonds. The minimum Gasteiger partial charge on any atom is -0.455 e. The normalized spacial score (nSPS) is 13.1. The minimum absolute atomic E-state index is 0.0463. The van der Waals surface area contributed by atoms with E-state index in [-0.39, 0.29) is 10.8 Å². The summed E-state index contributed by atoms with van der Waals surface area (Å²) in [5.74, 6) is 0. The molecule has 0 bridgehead atoms. The van der Waals surface area contributed by atoms with Crippen molar-refractivity contribution in [1.29, 1.82) is 0 Å². The molecule has 0 spiro atoms. The van der Waals surface area contributed by atoms with Gasteiger partial charge in [-0.1, -0.05) is 168 Å². The summed E-state index contributed by atoms with van der Waals surface area (Å²) < 4.78 is 6.48. The average Bonchev–Trinajstić information content (AvgIpc) is 3.73. The number of nitrogens with zero attached hydrogens (tertiary/aromatic N) is 1. The van der Waals surface area contributed by atoms with Crippen molar-refractivity contribution >= 4 is 39.0 Å². The van der Waals surface area contributed by atoms with Crippen molar-refractivity contribution in [3.05, 3.63) is 199 Å². The molecule has 0 saturated heterocycles. The third-order valence-electron chi connectivity index (χ3n) is 12.1. The molecule has 1 aliphatic rings. The maximum absolute atomic E-state index is 6.48. The van der Waals surface area contributed by atoms with Gasteiger partial charge in [0, 0.05) is 38.8 Å². The van der Waals surface area contributed by atoms with Gasteiger partial charge in [0.25, 0.3) is 0 Å². The van der Waals surface area contributed by atoms with Gasteiger partial charge in [0.2, 0.25) is 0 Å². The minimum atomic E-state index is -0.0463. The summed E-state index contributed by atoms with van der Waals surface area (Å²) in [6.45, 7) is 11.6. The highest BCUT2D eigenvalue weighted by Crippen LogP contribution is 2.51. The van der Waals surface area contributed by atoms with Gasteiger partial charge in [-0.15, -0.1) is 0 Å². The molecule has 9 aromatic rings. The summed E-state index contributed by atoms with van der Waals surface area (Å²) in [6.07, 6.45) is 0. The van der Waals surface area contributed by atoms with Crippen molar-refractivity contribution in [2.75, 3.05) is 4.90 Å². The number of para-hydroxylation sites is 2. The number of anilines is 3. The van der Waals surface area contributed by atoms with Gasteiger partial charge in [-0.25, -0.2) is 0 Å². The van der Waals surface area contributed by atoms with Crippen LogP contribution in [0.15, 0.2) is 186 Å². The molecule has 2 nitrogen and oxygen atoms in total. The van der Waals surface area contributed by atoms with E-state index in [1.165, 1.54) is 50.1 Å². The Balaban J connectivity index is 1.05. The highest BCUT2D eigenvalue weighted by atomic mass is 16.3. The fraction of sp³-hybridized carbons (Fsp3) is 0.127. The van der Waals surface area contributed by atoms with Gasteiger partial charge < -0.3 is 9.32 Å². The Bertz CT molecular complexity index is 2940. The van der Waals surface area contributed by atoms with E-state index in [1.54, 1.807) is 0 Å². The predicted octanol–water partition coefficient (Wildman–Crippen LogP) is 15.7. The molecule has 1 aromatic heterocycles. The predicted molar refractivity (Wildman–Crippen MR) is 241 cm³/mol. The first-order valence-electron chi connectivity index (χ1n) is 20.0. The Morgan fingerprint density at radius 1 is 0.421 bits per heavy atom. The zero-order valence-electron chi connectivity index (χ0n) is 33.2. The van der Waals surface area contributed by atoms with Crippen molar-refractivity contribution in [3.8, 4) is 44.5 Å². The van der Waals surface area contributed by atoms with Crippen molar-refractivity contribution < 1.29 is 4.42 Å². The summed E-state index contributed by atoms with van der Waals surface area (Å²) in [4.78, 5) is 2.36. The van der Waals surface area contributed by atoms with Gasteiger partial charge in [0.05, 0.1) is 0 Å². The van der Waals surface area contributed by atoms with Crippen molar-refractivity contribution in [2.24, 2.45) is 0 Å². The van der Waals surface area contributed by atoms with Crippen LogP contribution in [0.25, 0.3) is 66.4 Å². The fourth-order valence-corrected chi connectivity index (χ4v) is 8.87. The first-order valence-corrected chi connectivity index (χ1v) is 20.0. The molecule has 8 aromatic carbocycles. The molecular formula is C55H45NO. The van der Waals surface area contributed by atoms with E-state index in [0.717, 1.165) is 50.1 Å². The first-order chi connectivity index (χ1) is 27.6. The molecule has 0 atom stereocenters. The summed E-state index contributed by atoms with van der Waals surface area (Å²) >= 11 is 0. The van der Waals surface area contributed by atoms with E-state index in [4.69, 9.17) is 4.42 Å². The molecule has 0 unspecified atom stereocenters. The zero-order chi connectivity index (χ0) is 38.9. The number of hydrogen-bond acceptors (Lipinski definition) is 2. The second-order valence-corrected chi connectivity index (χ2v) is 17.0. The van der Waals surface area contributed by atoms with Gasteiger partial charge >= 0.3 is 0 Å². The van der Waals surface area contributed by atoms with E-state index < -0.39 is 0 Å². The van der Waals surface area contributed by atoms with E-state index in [2.05, 4.69) is 209 Å². The van der Waals surface area contributed by atoms with Gasteiger partial charge in [-0.2, -0.15) is 0 Å². The topological polar surface area (TPSA) is 16.4 Å². The molecule has 276 valence electrons. The Morgan fingerprint density at radius 3 is 1.77 bits per heavy atom. The molecule has 2 heteroatoms. The van der Waals surface area contributed by atoms with E-state index >= 15 is 0 Å². The summed E-state index contributed by atoms with van der Waals surface area (Å²) in [5.41, 5.74) is 19.0. The second kappa shape index (κ2) is 13.2. The smallest absolute Gasteiger partial charge is 0.143 e. The Labute approximate surface area is 335 Å². The summed E-state index contributed by atoms with van der Waals surface area (Å²) in [6, 6.07) is 66.2. The molecule has 10 rings (SSSR count). The van der Waals surface area contributed by atoms with Crippen LogP contribution >= 0.6 is 0 Å². The van der Waals surface area contributed by atoms with Crippen molar-refractivity contribution in [1.82, 2.24) is 0 Å². The second-order valence-electron chi connectivity index (χ2n) is 17.0. The average molecular weight is 736 g/mol. The lowest BCUT2D eigenvalue weighted by Crippen LogP contribution is -2.17. The van der Waals surface area contributed by atoms with E-state index in [9.17, 15) is 0 Å². The van der Waals surface area contributed by atoms with Gasteiger partial charge in [0.15, 0.2) is 0 Å². The zero-order valence-corrected chi connectivity index (χ0v) is 33.2. The largest absolute Gasteiger partial charge is 0.455 e. The number of furan rings is 1. The lowest BCUT2D eigenvalue weighted by molar-refractivity contribution is 0.584. The van der Waals surface area contributed by atoms with Crippen molar-refractivity contribution in [2.45, 2.75) is 45.4 Å². The maximum Gasteiger partial charge on any atom is 0.143 e. The number of hydrogen-bond donors (Lipinski definition) is 0. The SMILES string of the molecule is CC(C)(C)c1ccc2c(c1)C(C)(C)c1ccc(-c3ccc(N(c4ccc(-c5ccccc5)cc4)c4cccc(-c5cccc6c5oc5ccccc56)c4)cc3)cc1-2. The van der Waals surface area contributed by atoms with E-state index in [1.807, 2.05) is 12.1 Å². The van der Waals surface area contributed by atoms with Crippen LogP contribution in [0.3, 0.4) is 0 Å². The summed E-state index contributed by atoms with van der Waals surface area (Å²) in [5, 5.41) is 2.27. The lowest BCUT2D eigenvalue weighted by atomic mass is 9.79.